The molecule has 0 saturated heterocycles. The van der Waals surface area contributed by atoms with Gasteiger partial charge in [-0.25, -0.2) is 0 Å². The Labute approximate surface area is 233 Å². The van der Waals surface area contributed by atoms with E-state index < -0.39 is 0 Å². The van der Waals surface area contributed by atoms with Crippen molar-refractivity contribution in [3.63, 3.8) is 0 Å². The van der Waals surface area contributed by atoms with Crippen LogP contribution in [0.4, 0.5) is 11.4 Å². The lowest BCUT2D eigenvalue weighted by molar-refractivity contribution is 0.669. The summed E-state index contributed by atoms with van der Waals surface area (Å²) in [6.07, 6.45) is 0. The van der Waals surface area contributed by atoms with Crippen molar-refractivity contribution in [2.24, 2.45) is 0 Å². The third-order valence-electron chi connectivity index (χ3n) is 8.53. The van der Waals surface area contributed by atoms with Crippen LogP contribution in [0.5, 0.6) is 0 Å². The molecule has 1 heterocycles. The van der Waals surface area contributed by atoms with E-state index in [-0.39, 0.29) is 5.41 Å². The van der Waals surface area contributed by atoms with E-state index in [1.807, 2.05) is 18.2 Å². The first kappa shape index (κ1) is 22.9. The lowest BCUT2D eigenvalue weighted by atomic mass is 9.71. The van der Waals surface area contributed by atoms with Crippen molar-refractivity contribution in [1.82, 2.24) is 0 Å². The Hall–Kier alpha value is -5.08. The number of furan rings is 1. The summed E-state index contributed by atoms with van der Waals surface area (Å²) in [4.78, 5) is 0. The monoisotopic (exact) mass is 513 g/mol. The molecule has 2 nitrogen and oxygen atoms in total. The minimum atomic E-state index is -0.249. The molecule has 0 bridgehead atoms. The van der Waals surface area contributed by atoms with E-state index in [0.29, 0.717) is 0 Å². The number of benzene rings is 6. The van der Waals surface area contributed by atoms with Gasteiger partial charge < -0.3 is 9.73 Å². The second-order valence-corrected chi connectivity index (χ2v) is 10.8. The van der Waals surface area contributed by atoms with E-state index in [1.165, 1.54) is 38.9 Å². The summed E-state index contributed by atoms with van der Waals surface area (Å²) in [5.74, 6) is 0. The van der Waals surface area contributed by atoms with Crippen LogP contribution in [0.1, 0.15) is 23.6 Å². The lowest BCUT2D eigenvalue weighted by Gasteiger charge is -2.30. The molecule has 6 aromatic carbocycles. The number of fused-ring (bicyclic) bond motifs is 6. The molecule has 8 rings (SSSR count). The van der Waals surface area contributed by atoms with Crippen LogP contribution < -0.4 is 5.32 Å². The summed E-state index contributed by atoms with van der Waals surface area (Å²) < 4.78 is 6.03. The molecule has 0 radical (unpaired) electrons. The molecule has 1 aromatic heterocycles. The Kier molecular flexibility index (Phi) is 4.99. The van der Waals surface area contributed by atoms with Gasteiger partial charge in [0.15, 0.2) is 0 Å². The molecule has 0 spiro atoms. The van der Waals surface area contributed by atoms with E-state index in [9.17, 15) is 0 Å². The van der Waals surface area contributed by atoms with Crippen LogP contribution in [0.2, 0.25) is 0 Å². The van der Waals surface area contributed by atoms with E-state index in [4.69, 9.17) is 4.42 Å². The van der Waals surface area contributed by atoms with Gasteiger partial charge in [-0.2, -0.15) is 0 Å². The molecule has 1 N–H and O–H groups in total. The highest BCUT2D eigenvalue weighted by atomic mass is 16.3. The topological polar surface area (TPSA) is 25.2 Å². The number of hydrogen-bond acceptors (Lipinski definition) is 2. The Morgan fingerprint density at radius 2 is 1.05 bits per heavy atom. The van der Waals surface area contributed by atoms with Gasteiger partial charge in [-0.3, -0.25) is 0 Å². The Morgan fingerprint density at radius 1 is 0.475 bits per heavy atom. The lowest BCUT2D eigenvalue weighted by Crippen LogP contribution is -2.23. The highest BCUT2D eigenvalue weighted by Gasteiger charge is 2.41. The maximum Gasteiger partial charge on any atom is 0.135 e. The van der Waals surface area contributed by atoms with E-state index in [0.717, 1.165) is 33.3 Å². The van der Waals surface area contributed by atoms with Gasteiger partial charge in [0.2, 0.25) is 0 Å². The second-order valence-electron chi connectivity index (χ2n) is 10.8. The maximum atomic E-state index is 6.03. The molecule has 0 saturated carbocycles. The summed E-state index contributed by atoms with van der Waals surface area (Å²) >= 11 is 0. The molecule has 190 valence electrons. The second kappa shape index (κ2) is 8.72. The number of nitrogens with one attached hydrogen (secondary N) is 1. The van der Waals surface area contributed by atoms with Crippen molar-refractivity contribution in [2.75, 3.05) is 5.32 Å². The third-order valence-corrected chi connectivity index (χ3v) is 8.53. The molecule has 40 heavy (non-hydrogen) atoms. The number of anilines is 2. The fraction of sp³-hybridized carbons (Fsp3) is 0.0526. The van der Waals surface area contributed by atoms with Crippen molar-refractivity contribution in [2.45, 2.75) is 12.3 Å². The molecule has 0 amide bonds. The number of para-hydroxylation sites is 1. The summed E-state index contributed by atoms with van der Waals surface area (Å²) in [6, 6.07) is 49.8. The van der Waals surface area contributed by atoms with Gasteiger partial charge in [0.05, 0.1) is 0 Å². The van der Waals surface area contributed by atoms with Gasteiger partial charge >= 0.3 is 0 Å². The third kappa shape index (κ3) is 3.36. The molecule has 7 aromatic rings. The number of hydrogen-bond donors (Lipinski definition) is 1. The van der Waals surface area contributed by atoms with Crippen molar-refractivity contribution in [1.29, 1.82) is 0 Å². The Balaban J connectivity index is 1.22. The van der Waals surface area contributed by atoms with Crippen LogP contribution in [0.3, 0.4) is 0 Å². The fourth-order valence-corrected chi connectivity index (χ4v) is 6.65. The predicted molar refractivity (Wildman–Crippen MR) is 166 cm³/mol. The minimum Gasteiger partial charge on any atom is -0.456 e. The normalized spacial score (nSPS) is 13.3. The SMILES string of the molecule is CC1(c2ccccc2-c2cccc(Nc3ccc4oc5ccccc5c4c3)c2)c2ccccc2-c2ccccc21. The van der Waals surface area contributed by atoms with E-state index in [1.54, 1.807) is 0 Å². The smallest absolute Gasteiger partial charge is 0.135 e. The molecule has 0 atom stereocenters. The first-order chi connectivity index (χ1) is 19.7. The van der Waals surface area contributed by atoms with Crippen LogP contribution in [-0.4, -0.2) is 0 Å². The van der Waals surface area contributed by atoms with Gasteiger partial charge in [-0.15, -0.1) is 0 Å². The zero-order valence-corrected chi connectivity index (χ0v) is 22.2. The van der Waals surface area contributed by atoms with Crippen LogP contribution in [0, 0.1) is 0 Å². The summed E-state index contributed by atoms with van der Waals surface area (Å²) in [5, 5.41) is 5.90. The first-order valence-corrected chi connectivity index (χ1v) is 13.8. The molecule has 2 heteroatoms. The Bertz CT molecular complexity index is 2020. The zero-order chi connectivity index (χ0) is 26.7. The van der Waals surface area contributed by atoms with Gasteiger partial charge in [-0.05, 0) is 82.3 Å². The summed E-state index contributed by atoms with van der Waals surface area (Å²) in [5.41, 5.74) is 12.8. The summed E-state index contributed by atoms with van der Waals surface area (Å²) in [6.45, 7) is 2.38. The van der Waals surface area contributed by atoms with Crippen molar-refractivity contribution in [3.05, 3.63) is 156 Å². The molecule has 0 unspecified atom stereocenters. The minimum absolute atomic E-state index is 0.249. The highest BCUT2D eigenvalue weighted by Crippen LogP contribution is 2.54. The van der Waals surface area contributed by atoms with Crippen molar-refractivity contribution in [3.8, 4) is 22.3 Å². The average molecular weight is 514 g/mol. The average Bonchev–Trinajstić information content (AvgIpc) is 3.51. The zero-order valence-electron chi connectivity index (χ0n) is 22.2. The number of rotatable bonds is 4. The van der Waals surface area contributed by atoms with Crippen LogP contribution >= 0.6 is 0 Å². The Morgan fingerprint density at radius 3 is 1.80 bits per heavy atom. The molecular formula is C38H27NO. The molecular weight excluding hydrogens is 486 g/mol. The van der Waals surface area contributed by atoms with Crippen LogP contribution in [-0.2, 0) is 5.41 Å². The van der Waals surface area contributed by atoms with Crippen LogP contribution in [0.15, 0.2) is 144 Å². The molecule has 1 aliphatic rings. The highest BCUT2D eigenvalue weighted by molar-refractivity contribution is 6.06. The molecule has 1 aliphatic carbocycles. The maximum absolute atomic E-state index is 6.03. The largest absolute Gasteiger partial charge is 0.456 e. The molecule has 0 fully saturated rings. The fourth-order valence-electron chi connectivity index (χ4n) is 6.65. The van der Waals surface area contributed by atoms with Gasteiger partial charge in [-0.1, -0.05) is 103 Å². The first-order valence-electron chi connectivity index (χ1n) is 13.8. The predicted octanol–water partition coefficient (Wildman–Crippen LogP) is 10.3. The van der Waals surface area contributed by atoms with E-state index >= 15 is 0 Å². The van der Waals surface area contributed by atoms with Gasteiger partial charge in [0.1, 0.15) is 11.2 Å². The van der Waals surface area contributed by atoms with Crippen molar-refractivity contribution < 1.29 is 4.42 Å². The van der Waals surface area contributed by atoms with Gasteiger partial charge in [0, 0.05) is 27.6 Å². The van der Waals surface area contributed by atoms with Gasteiger partial charge in [0.25, 0.3) is 0 Å². The standard InChI is InChI=1S/C38H27NO/c1-38(34-18-7-3-14-29(34)30-15-4-8-19-35(30)38)33-17-6-2-13-28(33)25-11-10-12-26(23-25)39-27-21-22-37-32(24-27)31-16-5-9-20-36(31)40-37/h2-24,39H,1H3. The quantitative estimate of drug-likeness (QED) is 0.253. The molecule has 0 aliphatic heterocycles. The van der Waals surface area contributed by atoms with E-state index in [2.05, 4.69) is 134 Å². The summed E-state index contributed by atoms with van der Waals surface area (Å²) in [7, 11) is 0. The van der Waals surface area contributed by atoms with Crippen molar-refractivity contribution >= 4 is 33.3 Å². The van der Waals surface area contributed by atoms with Crippen LogP contribution in [0.25, 0.3) is 44.2 Å².